The summed E-state index contributed by atoms with van der Waals surface area (Å²) in [5, 5.41) is -0.293. The van der Waals surface area contributed by atoms with E-state index in [9.17, 15) is 0 Å². The largest absolute Gasteiger partial charge is 0.414 e. The molecule has 0 radical (unpaired) electrons. The topological polar surface area (TPSA) is 36.9 Å². The molecular formula is C35H82O4Si5. The lowest BCUT2D eigenvalue weighted by atomic mass is 9.98. The molecule has 0 fully saturated rings. The molecule has 0 aromatic heterocycles. The van der Waals surface area contributed by atoms with Crippen molar-refractivity contribution in [2.24, 2.45) is 0 Å². The van der Waals surface area contributed by atoms with E-state index < -0.39 is 41.3 Å². The van der Waals surface area contributed by atoms with Gasteiger partial charge in [0.1, 0.15) is 0 Å². The van der Waals surface area contributed by atoms with Gasteiger partial charge in [-0.25, -0.2) is 0 Å². The molecule has 9 heteroatoms. The van der Waals surface area contributed by atoms with Crippen LogP contribution in [0.15, 0.2) is 0 Å². The first-order valence-corrected chi connectivity index (χ1v) is 33.6. The molecule has 0 aromatic rings. The van der Waals surface area contributed by atoms with E-state index in [2.05, 4.69) is 148 Å². The van der Waals surface area contributed by atoms with E-state index in [0.717, 1.165) is 44.6 Å². The number of hydrogen-bond acceptors (Lipinski definition) is 4. The molecule has 266 valence electrons. The first-order chi connectivity index (χ1) is 19.5. The van der Waals surface area contributed by atoms with Crippen molar-refractivity contribution < 1.29 is 17.7 Å². The van der Waals surface area contributed by atoms with Gasteiger partial charge in [0.2, 0.25) is 8.32 Å². The van der Waals surface area contributed by atoms with Crippen molar-refractivity contribution in [3.8, 4) is 0 Å². The second-order valence-electron chi connectivity index (χ2n) is 18.1. The molecule has 0 amide bonds. The van der Waals surface area contributed by atoms with E-state index in [1.807, 2.05) is 0 Å². The third-order valence-electron chi connectivity index (χ3n) is 12.9. The van der Waals surface area contributed by atoms with Gasteiger partial charge < -0.3 is 17.7 Å². The highest BCUT2D eigenvalue weighted by atomic mass is 28.4. The number of hydrogen-bond donors (Lipinski definition) is 0. The Balaban J connectivity index is 6.84. The molecule has 0 aliphatic rings. The lowest BCUT2D eigenvalue weighted by Crippen LogP contribution is -2.64. The minimum Gasteiger partial charge on any atom is -0.414 e. The zero-order valence-corrected chi connectivity index (χ0v) is 39.2. The third kappa shape index (κ3) is 9.54. The van der Waals surface area contributed by atoms with Crippen molar-refractivity contribution >= 4 is 41.3 Å². The Morgan fingerprint density at radius 3 is 1.32 bits per heavy atom. The van der Waals surface area contributed by atoms with Crippen LogP contribution in [0.25, 0.3) is 0 Å². The maximum Gasteiger partial charge on any atom is 0.216 e. The van der Waals surface area contributed by atoms with Crippen molar-refractivity contribution in [3.05, 3.63) is 0 Å². The zero-order valence-electron chi connectivity index (χ0n) is 34.2. The van der Waals surface area contributed by atoms with Crippen LogP contribution >= 0.6 is 0 Å². The van der Waals surface area contributed by atoms with Gasteiger partial charge >= 0.3 is 0 Å². The standard InChI is InChI=1S/C35H82O4Si5/c1-23-29-44(22,36-30(7)32(8,25-3)42(18,19)39-34(10,27-5)40(12,13)14)33(9,26-4)31(24-2)37-43(20,21)35(11,28-6)38-41(15,16)17/h30-31H,23-29H2,1-22H3. The van der Waals surface area contributed by atoms with Gasteiger partial charge in [0, 0.05) is 21.4 Å². The molecule has 0 aliphatic carbocycles. The Morgan fingerprint density at radius 2 is 1.00 bits per heavy atom. The average molecular weight is 707 g/mol. The molecule has 0 rings (SSSR count). The van der Waals surface area contributed by atoms with Gasteiger partial charge in [-0.05, 0) is 111 Å². The number of rotatable bonds is 21. The summed E-state index contributed by atoms with van der Waals surface area (Å²) in [4.78, 5) is 0. The summed E-state index contributed by atoms with van der Waals surface area (Å²) < 4.78 is 29.6. The van der Waals surface area contributed by atoms with Gasteiger partial charge in [0.05, 0.1) is 19.4 Å². The summed E-state index contributed by atoms with van der Waals surface area (Å²) in [6.45, 7) is 52.8. The van der Waals surface area contributed by atoms with E-state index in [0.29, 0.717) is 0 Å². The SMILES string of the molecule is CCC[Si](C)(OC(C)C(C)(CC)[Si](C)(C)OC(C)(CC)[Si](C)(C)C)C(C)(CC)C(CC)O[Si](C)(C)C(C)(CC)O[Si](C)(C)C. The van der Waals surface area contributed by atoms with Gasteiger partial charge in [0.15, 0.2) is 25.0 Å². The van der Waals surface area contributed by atoms with E-state index in [1.54, 1.807) is 0 Å². The van der Waals surface area contributed by atoms with Crippen LogP contribution in [0.2, 0.25) is 88.1 Å². The van der Waals surface area contributed by atoms with E-state index >= 15 is 0 Å². The molecule has 0 saturated heterocycles. The summed E-state index contributed by atoms with van der Waals surface area (Å²) in [6.07, 6.45) is 6.57. The molecule has 7 unspecified atom stereocenters. The highest BCUT2D eigenvalue weighted by molar-refractivity contribution is 6.82. The Hall–Kier alpha value is 0.924. The van der Waals surface area contributed by atoms with Crippen LogP contribution in [0.1, 0.15) is 115 Å². The Morgan fingerprint density at radius 1 is 0.545 bits per heavy atom. The Bertz CT molecular complexity index is 887. The quantitative estimate of drug-likeness (QED) is 0.111. The predicted octanol–water partition coefficient (Wildman–Crippen LogP) is 12.5. The highest BCUT2D eigenvalue weighted by Crippen LogP contribution is 2.55. The minimum atomic E-state index is -2.33. The highest BCUT2D eigenvalue weighted by Gasteiger charge is 2.59. The minimum absolute atomic E-state index is 0.0116. The van der Waals surface area contributed by atoms with Crippen LogP contribution in [0.3, 0.4) is 0 Å². The Labute approximate surface area is 283 Å². The molecule has 0 aromatic carbocycles. The van der Waals surface area contributed by atoms with E-state index in [4.69, 9.17) is 17.7 Å². The average Bonchev–Trinajstić information content (AvgIpc) is 2.88. The van der Waals surface area contributed by atoms with Gasteiger partial charge in [-0.2, -0.15) is 0 Å². The third-order valence-corrected chi connectivity index (χ3v) is 31.7. The molecule has 0 N–H and O–H groups in total. The first kappa shape index (κ1) is 44.9. The van der Waals surface area contributed by atoms with Crippen LogP contribution in [0.4, 0.5) is 0 Å². The molecule has 4 nitrogen and oxygen atoms in total. The summed E-state index contributed by atoms with van der Waals surface area (Å²) in [5.41, 5.74) is 0. The van der Waals surface area contributed by atoms with Crippen molar-refractivity contribution in [2.45, 2.75) is 225 Å². The molecular weight excluding hydrogens is 625 g/mol. The predicted molar refractivity (Wildman–Crippen MR) is 211 cm³/mol. The molecule has 0 aliphatic heterocycles. The monoisotopic (exact) mass is 707 g/mol. The summed E-state index contributed by atoms with van der Waals surface area (Å²) in [6, 6.07) is 1.14. The van der Waals surface area contributed by atoms with Gasteiger partial charge in [0.25, 0.3) is 0 Å². The normalized spacial score (nSPS) is 22.2. The van der Waals surface area contributed by atoms with Crippen LogP contribution < -0.4 is 0 Å². The molecule has 0 spiro atoms. The van der Waals surface area contributed by atoms with Crippen LogP contribution in [-0.2, 0) is 17.7 Å². The fourth-order valence-electron chi connectivity index (χ4n) is 7.50. The van der Waals surface area contributed by atoms with Crippen LogP contribution in [0.5, 0.6) is 0 Å². The fourth-order valence-corrected chi connectivity index (χ4v) is 24.5. The lowest BCUT2D eigenvalue weighted by molar-refractivity contribution is 0.0544. The van der Waals surface area contributed by atoms with Crippen molar-refractivity contribution in [1.29, 1.82) is 0 Å². The van der Waals surface area contributed by atoms with Gasteiger partial charge in [-0.15, -0.1) is 0 Å². The van der Waals surface area contributed by atoms with E-state index in [1.165, 1.54) is 0 Å². The molecule has 0 bridgehead atoms. The molecule has 0 saturated carbocycles. The molecule has 44 heavy (non-hydrogen) atoms. The summed E-state index contributed by atoms with van der Waals surface area (Å²) in [5.74, 6) is 0. The van der Waals surface area contributed by atoms with Crippen molar-refractivity contribution in [1.82, 2.24) is 0 Å². The van der Waals surface area contributed by atoms with Crippen LogP contribution in [-0.4, -0.2) is 64.0 Å². The first-order valence-electron chi connectivity index (χ1n) is 18.3. The fraction of sp³-hybridized carbons (Fsp3) is 1.00. The molecule has 0 heterocycles. The zero-order chi connectivity index (χ0) is 35.4. The maximum atomic E-state index is 7.72. The Kier molecular flexibility index (Phi) is 16.0. The van der Waals surface area contributed by atoms with E-state index in [-0.39, 0.29) is 32.7 Å². The lowest BCUT2D eigenvalue weighted by Gasteiger charge is -2.57. The summed E-state index contributed by atoms with van der Waals surface area (Å²) in [7, 11) is -10.1. The van der Waals surface area contributed by atoms with Gasteiger partial charge in [-0.1, -0.05) is 81.5 Å². The second kappa shape index (κ2) is 15.6. The van der Waals surface area contributed by atoms with Crippen molar-refractivity contribution in [3.63, 3.8) is 0 Å². The summed E-state index contributed by atoms with van der Waals surface area (Å²) >= 11 is 0. The smallest absolute Gasteiger partial charge is 0.216 e. The van der Waals surface area contributed by atoms with Gasteiger partial charge in [-0.3, -0.25) is 0 Å². The maximum absolute atomic E-state index is 7.72. The van der Waals surface area contributed by atoms with Crippen LogP contribution in [0, 0.1) is 0 Å². The second-order valence-corrected chi connectivity index (χ2v) is 41.1. The van der Waals surface area contributed by atoms with Crippen molar-refractivity contribution in [2.75, 3.05) is 0 Å². The molecule has 7 atom stereocenters.